The van der Waals surface area contributed by atoms with E-state index in [1.807, 2.05) is 6.92 Å². The Labute approximate surface area is 109 Å². The third-order valence-electron chi connectivity index (χ3n) is 2.91. The van der Waals surface area contributed by atoms with Crippen LogP contribution in [0, 0.1) is 0 Å². The summed E-state index contributed by atoms with van der Waals surface area (Å²) in [5.74, 6) is 0.566. The summed E-state index contributed by atoms with van der Waals surface area (Å²) in [5.41, 5.74) is 5.36. The highest BCUT2D eigenvalue weighted by Gasteiger charge is 2.38. The molecule has 2 nitrogen and oxygen atoms in total. The highest BCUT2D eigenvalue weighted by Crippen LogP contribution is 2.37. The van der Waals surface area contributed by atoms with Crippen molar-refractivity contribution in [3.8, 4) is 5.75 Å². The first-order chi connectivity index (χ1) is 8.95. The standard InChI is InChI=1S/C14H14F3NO/c1-2-19-12-8-7-11(13(18)14(15,16)17)9-5-3-4-6-10(9)12/h3-8,13H,2,18H2,1H3/t13-/m0/s1. The number of benzene rings is 2. The van der Waals surface area contributed by atoms with E-state index in [0.29, 0.717) is 23.1 Å². The van der Waals surface area contributed by atoms with Crippen LogP contribution in [0.1, 0.15) is 18.5 Å². The maximum atomic E-state index is 12.8. The minimum Gasteiger partial charge on any atom is -0.493 e. The molecule has 0 saturated carbocycles. The van der Waals surface area contributed by atoms with Gasteiger partial charge in [0.25, 0.3) is 0 Å². The van der Waals surface area contributed by atoms with Gasteiger partial charge in [0, 0.05) is 5.39 Å². The molecule has 0 bridgehead atoms. The van der Waals surface area contributed by atoms with Gasteiger partial charge in [0.15, 0.2) is 0 Å². The average Bonchev–Trinajstić information content (AvgIpc) is 2.37. The topological polar surface area (TPSA) is 35.2 Å². The Morgan fingerprint density at radius 2 is 1.74 bits per heavy atom. The quantitative estimate of drug-likeness (QED) is 0.919. The number of hydrogen-bond acceptors (Lipinski definition) is 2. The van der Waals surface area contributed by atoms with Crippen LogP contribution in [-0.4, -0.2) is 12.8 Å². The molecule has 0 aliphatic rings. The molecule has 0 aliphatic heterocycles. The molecule has 2 rings (SSSR count). The fourth-order valence-corrected chi connectivity index (χ4v) is 2.02. The summed E-state index contributed by atoms with van der Waals surface area (Å²) < 4.78 is 43.7. The van der Waals surface area contributed by atoms with Crippen molar-refractivity contribution < 1.29 is 17.9 Å². The number of alkyl halides is 3. The van der Waals surface area contributed by atoms with Crippen molar-refractivity contribution in [2.24, 2.45) is 5.73 Å². The molecule has 0 spiro atoms. The van der Waals surface area contributed by atoms with Crippen LogP contribution < -0.4 is 10.5 Å². The Morgan fingerprint density at radius 3 is 2.32 bits per heavy atom. The van der Waals surface area contributed by atoms with E-state index in [4.69, 9.17) is 10.5 Å². The number of nitrogens with two attached hydrogens (primary N) is 1. The first-order valence-electron chi connectivity index (χ1n) is 5.92. The SMILES string of the molecule is CCOc1ccc([C@H](N)C(F)(F)F)c2ccccc12. The van der Waals surface area contributed by atoms with Crippen LogP contribution in [0.2, 0.25) is 0 Å². The monoisotopic (exact) mass is 269 g/mol. The summed E-state index contributed by atoms with van der Waals surface area (Å²) in [4.78, 5) is 0. The predicted molar refractivity (Wildman–Crippen MR) is 68.1 cm³/mol. The smallest absolute Gasteiger partial charge is 0.407 e. The second kappa shape index (κ2) is 5.09. The van der Waals surface area contributed by atoms with E-state index in [1.165, 1.54) is 12.1 Å². The van der Waals surface area contributed by atoms with Gasteiger partial charge >= 0.3 is 6.18 Å². The molecule has 0 amide bonds. The number of hydrogen-bond donors (Lipinski definition) is 1. The lowest BCUT2D eigenvalue weighted by molar-refractivity contribution is -0.148. The van der Waals surface area contributed by atoms with Gasteiger partial charge in [-0.1, -0.05) is 30.3 Å². The summed E-state index contributed by atoms with van der Waals surface area (Å²) in [6.07, 6.45) is -4.46. The van der Waals surface area contributed by atoms with Crippen LogP contribution in [0.15, 0.2) is 36.4 Å². The molecule has 2 aromatic rings. The summed E-state index contributed by atoms with van der Waals surface area (Å²) in [7, 11) is 0. The van der Waals surface area contributed by atoms with Crippen molar-refractivity contribution in [3.63, 3.8) is 0 Å². The lowest BCUT2D eigenvalue weighted by atomic mass is 9.98. The Morgan fingerprint density at radius 1 is 1.11 bits per heavy atom. The van der Waals surface area contributed by atoms with E-state index < -0.39 is 12.2 Å². The van der Waals surface area contributed by atoms with Crippen LogP contribution in [0.3, 0.4) is 0 Å². The Kier molecular flexibility index (Phi) is 3.66. The van der Waals surface area contributed by atoms with Crippen molar-refractivity contribution in [3.05, 3.63) is 42.0 Å². The molecular formula is C14H14F3NO. The van der Waals surface area contributed by atoms with E-state index in [0.717, 1.165) is 0 Å². The lowest BCUT2D eigenvalue weighted by Gasteiger charge is -2.19. The van der Waals surface area contributed by atoms with Crippen LogP contribution in [0.4, 0.5) is 13.2 Å². The largest absolute Gasteiger partial charge is 0.493 e. The second-order valence-electron chi connectivity index (χ2n) is 4.15. The van der Waals surface area contributed by atoms with Crippen LogP contribution in [0.5, 0.6) is 5.75 Å². The average molecular weight is 269 g/mol. The van der Waals surface area contributed by atoms with Crippen molar-refractivity contribution in [1.82, 2.24) is 0 Å². The minimum atomic E-state index is -4.46. The van der Waals surface area contributed by atoms with Gasteiger partial charge < -0.3 is 10.5 Å². The number of fused-ring (bicyclic) bond motifs is 1. The van der Waals surface area contributed by atoms with Gasteiger partial charge in [-0.3, -0.25) is 0 Å². The van der Waals surface area contributed by atoms with Gasteiger partial charge in [0.2, 0.25) is 0 Å². The zero-order valence-corrected chi connectivity index (χ0v) is 10.4. The molecule has 19 heavy (non-hydrogen) atoms. The minimum absolute atomic E-state index is 0.0616. The van der Waals surface area contributed by atoms with Gasteiger partial charge in [-0.05, 0) is 23.9 Å². The number of halogens is 3. The van der Waals surface area contributed by atoms with Gasteiger partial charge in [-0.25, -0.2) is 0 Å². The van der Waals surface area contributed by atoms with E-state index in [-0.39, 0.29) is 5.56 Å². The third-order valence-corrected chi connectivity index (χ3v) is 2.91. The molecule has 0 fully saturated rings. The highest BCUT2D eigenvalue weighted by atomic mass is 19.4. The number of ether oxygens (including phenoxy) is 1. The first-order valence-corrected chi connectivity index (χ1v) is 5.92. The fraction of sp³-hybridized carbons (Fsp3) is 0.286. The number of rotatable bonds is 3. The van der Waals surface area contributed by atoms with Crippen LogP contribution in [0.25, 0.3) is 10.8 Å². The molecule has 5 heteroatoms. The molecule has 0 heterocycles. The summed E-state index contributed by atoms with van der Waals surface area (Å²) >= 11 is 0. The molecule has 1 atom stereocenters. The molecule has 0 unspecified atom stereocenters. The van der Waals surface area contributed by atoms with E-state index in [1.54, 1.807) is 24.3 Å². The Hall–Kier alpha value is -1.75. The Bertz CT molecular complexity index is 580. The first kappa shape index (κ1) is 13.7. The maximum Gasteiger partial charge on any atom is 0.407 e. The summed E-state index contributed by atoms with van der Waals surface area (Å²) in [6, 6.07) is 7.72. The predicted octanol–water partition coefficient (Wildman–Crippen LogP) is 3.80. The molecular weight excluding hydrogens is 255 g/mol. The van der Waals surface area contributed by atoms with Crippen molar-refractivity contribution in [1.29, 1.82) is 0 Å². The zero-order chi connectivity index (χ0) is 14.0. The Balaban J connectivity index is 2.62. The maximum absolute atomic E-state index is 12.8. The fourth-order valence-electron chi connectivity index (χ4n) is 2.02. The van der Waals surface area contributed by atoms with Gasteiger partial charge in [0.05, 0.1) is 6.61 Å². The summed E-state index contributed by atoms with van der Waals surface area (Å²) in [5, 5.41) is 1.11. The second-order valence-corrected chi connectivity index (χ2v) is 4.15. The van der Waals surface area contributed by atoms with Crippen molar-refractivity contribution in [2.45, 2.75) is 19.1 Å². The normalized spacial score (nSPS) is 13.5. The lowest BCUT2D eigenvalue weighted by Crippen LogP contribution is -2.28. The molecule has 0 aliphatic carbocycles. The van der Waals surface area contributed by atoms with Gasteiger partial charge in [0.1, 0.15) is 11.8 Å². The van der Waals surface area contributed by atoms with E-state index in [2.05, 4.69) is 0 Å². The van der Waals surface area contributed by atoms with E-state index in [9.17, 15) is 13.2 Å². The zero-order valence-electron chi connectivity index (χ0n) is 10.4. The van der Waals surface area contributed by atoms with E-state index >= 15 is 0 Å². The van der Waals surface area contributed by atoms with Crippen molar-refractivity contribution >= 4 is 10.8 Å². The van der Waals surface area contributed by atoms with Gasteiger partial charge in [-0.15, -0.1) is 0 Å². The van der Waals surface area contributed by atoms with Crippen molar-refractivity contribution in [2.75, 3.05) is 6.61 Å². The molecule has 0 saturated heterocycles. The molecule has 0 aromatic heterocycles. The van der Waals surface area contributed by atoms with Gasteiger partial charge in [-0.2, -0.15) is 13.2 Å². The molecule has 2 N–H and O–H groups in total. The molecule has 2 aromatic carbocycles. The van der Waals surface area contributed by atoms with Crippen LogP contribution >= 0.6 is 0 Å². The molecule has 102 valence electrons. The highest BCUT2D eigenvalue weighted by molar-refractivity contribution is 5.91. The summed E-state index contributed by atoms with van der Waals surface area (Å²) in [6.45, 7) is 2.28. The molecule has 0 radical (unpaired) electrons. The van der Waals surface area contributed by atoms with Crippen LogP contribution in [-0.2, 0) is 0 Å². The third kappa shape index (κ3) is 2.66.